The van der Waals surface area contributed by atoms with Gasteiger partial charge in [0.25, 0.3) is 17.7 Å². The number of fused-ring (bicyclic) bond motifs is 1. The van der Waals surface area contributed by atoms with E-state index in [4.69, 9.17) is 9.47 Å². The van der Waals surface area contributed by atoms with E-state index >= 15 is 0 Å². The van der Waals surface area contributed by atoms with Crippen LogP contribution in [0.25, 0.3) is 0 Å². The van der Waals surface area contributed by atoms with Crippen molar-refractivity contribution < 1.29 is 28.7 Å². The number of imide groups is 1. The molecule has 31 heavy (non-hydrogen) atoms. The Morgan fingerprint density at radius 2 is 1.74 bits per heavy atom. The molecule has 1 aliphatic rings. The molecule has 1 aliphatic heterocycles. The standard InChI is InChI=1S/C23H24N2O6/c1-13-5-6-14(2)19(9-13)25-21(27)17-8-7-16(10-18(17)22(25)28)23(29)31-12-20(26)24-15(3)11-30-4/h5-10,15H,11-12H2,1-4H3,(H,24,26). The normalized spacial score (nSPS) is 13.7. The summed E-state index contributed by atoms with van der Waals surface area (Å²) in [6.45, 7) is 5.32. The molecule has 0 saturated heterocycles. The van der Waals surface area contributed by atoms with Crippen LogP contribution in [0.1, 0.15) is 49.1 Å². The molecular weight excluding hydrogens is 400 g/mol. The predicted octanol–water partition coefficient (Wildman–Crippen LogP) is 2.41. The van der Waals surface area contributed by atoms with E-state index in [1.54, 1.807) is 13.0 Å². The van der Waals surface area contributed by atoms with Crippen molar-refractivity contribution in [3.63, 3.8) is 0 Å². The number of nitrogens with one attached hydrogen (secondary N) is 1. The summed E-state index contributed by atoms with van der Waals surface area (Å²) in [6.07, 6.45) is 0. The smallest absolute Gasteiger partial charge is 0.338 e. The molecule has 0 spiro atoms. The minimum Gasteiger partial charge on any atom is -0.452 e. The van der Waals surface area contributed by atoms with Crippen LogP contribution in [0.4, 0.5) is 5.69 Å². The van der Waals surface area contributed by atoms with Crippen molar-refractivity contribution in [2.24, 2.45) is 0 Å². The maximum Gasteiger partial charge on any atom is 0.338 e. The summed E-state index contributed by atoms with van der Waals surface area (Å²) in [7, 11) is 1.52. The highest BCUT2D eigenvalue weighted by Crippen LogP contribution is 2.31. The van der Waals surface area contributed by atoms with Gasteiger partial charge < -0.3 is 14.8 Å². The van der Waals surface area contributed by atoms with Gasteiger partial charge in [-0.25, -0.2) is 9.69 Å². The fourth-order valence-electron chi connectivity index (χ4n) is 3.37. The van der Waals surface area contributed by atoms with Crippen LogP contribution >= 0.6 is 0 Å². The molecule has 8 nitrogen and oxygen atoms in total. The van der Waals surface area contributed by atoms with Crippen molar-refractivity contribution >= 4 is 29.4 Å². The largest absolute Gasteiger partial charge is 0.452 e. The summed E-state index contributed by atoms with van der Waals surface area (Å²) in [5.74, 6) is -2.18. The molecule has 0 saturated carbocycles. The van der Waals surface area contributed by atoms with Crippen molar-refractivity contribution in [2.45, 2.75) is 26.8 Å². The summed E-state index contributed by atoms with van der Waals surface area (Å²) in [5.41, 5.74) is 2.64. The molecule has 2 aromatic rings. The van der Waals surface area contributed by atoms with E-state index in [1.807, 2.05) is 26.0 Å². The quantitative estimate of drug-likeness (QED) is 0.541. The first-order valence-corrected chi connectivity index (χ1v) is 9.78. The van der Waals surface area contributed by atoms with Crippen LogP contribution in [0, 0.1) is 13.8 Å². The Balaban J connectivity index is 1.75. The third-order valence-electron chi connectivity index (χ3n) is 4.89. The number of methoxy groups -OCH3 is 1. The first kappa shape index (κ1) is 22.2. The molecule has 3 amide bonds. The molecule has 3 rings (SSSR count). The first-order chi connectivity index (χ1) is 14.7. The number of benzene rings is 2. The van der Waals surface area contributed by atoms with E-state index in [-0.39, 0.29) is 22.7 Å². The van der Waals surface area contributed by atoms with Crippen molar-refractivity contribution in [3.8, 4) is 0 Å². The Labute approximate surface area is 180 Å². The van der Waals surface area contributed by atoms with Crippen LogP contribution < -0.4 is 10.2 Å². The Morgan fingerprint density at radius 1 is 1.03 bits per heavy atom. The van der Waals surface area contributed by atoms with E-state index in [0.29, 0.717) is 12.3 Å². The average Bonchev–Trinajstić information content (AvgIpc) is 2.98. The molecule has 0 bridgehead atoms. The highest BCUT2D eigenvalue weighted by Gasteiger charge is 2.38. The van der Waals surface area contributed by atoms with Crippen LogP contribution in [0.3, 0.4) is 0 Å². The molecule has 0 aromatic heterocycles. The third kappa shape index (κ3) is 4.64. The van der Waals surface area contributed by atoms with Crippen molar-refractivity contribution in [1.29, 1.82) is 0 Å². The highest BCUT2D eigenvalue weighted by molar-refractivity contribution is 6.35. The second-order valence-electron chi connectivity index (χ2n) is 7.50. The SMILES string of the molecule is COCC(C)NC(=O)COC(=O)c1ccc2c(c1)C(=O)N(c1cc(C)ccc1C)C2=O. The number of aryl methyl sites for hydroxylation is 2. The van der Waals surface area contributed by atoms with Crippen LogP contribution in [0.2, 0.25) is 0 Å². The van der Waals surface area contributed by atoms with Gasteiger partial charge in [-0.15, -0.1) is 0 Å². The van der Waals surface area contributed by atoms with Gasteiger partial charge in [0.15, 0.2) is 6.61 Å². The molecule has 1 N–H and O–H groups in total. The number of esters is 1. The second kappa shape index (κ2) is 9.09. The van der Waals surface area contributed by atoms with Crippen LogP contribution in [0.15, 0.2) is 36.4 Å². The van der Waals surface area contributed by atoms with Gasteiger partial charge in [-0.2, -0.15) is 0 Å². The molecule has 1 heterocycles. The van der Waals surface area contributed by atoms with Gasteiger partial charge in [-0.3, -0.25) is 14.4 Å². The van der Waals surface area contributed by atoms with E-state index < -0.39 is 30.3 Å². The number of carbonyl (C=O) groups excluding carboxylic acids is 4. The van der Waals surface area contributed by atoms with Gasteiger partial charge in [-0.05, 0) is 56.2 Å². The lowest BCUT2D eigenvalue weighted by atomic mass is 10.1. The molecule has 1 unspecified atom stereocenters. The van der Waals surface area contributed by atoms with E-state index in [9.17, 15) is 19.2 Å². The Morgan fingerprint density at radius 3 is 2.45 bits per heavy atom. The Hall–Kier alpha value is -3.52. The average molecular weight is 424 g/mol. The fourth-order valence-corrected chi connectivity index (χ4v) is 3.37. The topological polar surface area (TPSA) is 102 Å². The van der Waals surface area contributed by atoms with Crippen molar-refractivity contribution in [2.75, 3.05) is 25.2 Å². The number of hydrogen-bond donors (Lipinski definition) is 1. The summed E-state index contributed by atoms with van der Waals surface area (Å²) in [5, 5.41) is 2.63. The third-order valence-corrected chi connectivity index (χ3v) is 4.89. The number of anilines is 1. The highest BCUT2D eigenvalue weighted by atomic mass is 16.5. The second-order valence-corrected chi connectivity index (χ2v) is 7.50. The maximum atomic E-state index is 13.0. The Kier molecular flexibility index (Phi) is 6.50. The molecule has 1 atom stereocenters. The summed E-state index contributed by atoms with van der Waals surface area (Å²) < 4.78 is 9.96. The molecule has 2 aromatic carbocycles. The maximum absolute atomic E-state index is 13.0. The lowest BCUT2D eigenvalue weighted by Crippen LogP contribution is -2.38. The molecule has 0 fully saturated rings. The van der Waals surface area contributed by atoms with Gasteiger partial charge in [0.05, 0.1) is 29.0 Å². The summed E-state index contributed by atoms with van der Waals surface area (Å²) in [6, 6.07) is 9.45. The van der Waals surface area contributed by atoms with Crippen LogP contribution in [0.5, 0.6) is 0 Å². The zero-order valence-electron chi connectivity index (χ0n) is 17.9. The fraction of sp³-hybridized carbons (Fsp3) is 0.304. The van der Waals surface area contributed by atoms with Gasteiger partial charge in [0.1, 0.15) is 0 Å². The van der Waals surface area contributed by atoms with Crippen LogP contribution in [-0.2, 0) is 14.3 Å². The molecule has 162 valence electrons. The zero-order chi connectivity index (χ0) is 22.7. The molecule has 0 aliphatic carbocycles. The summed E-state index contributed by atoms with van der Waals surface area (Å²) >= 11 is 0. The first-order valence-electron chi connectivity index (χ1n) is 9.78. The number of nitrogens with zero attached hydrogens (tertiary/aromatic N) is 1. The monoisotopic (exact) mass is 424 g/mol. The molecule has 8 heteroatoms. The van der Waals surface area contributed by atoms with Gasteiger partial charge in [-0.1, -0.05) is 12.1 Å². The van der Waals surface area contributed by atoms with Gasteiger partial charge >= 0.3 is 5.97 Å². The number of hydrogen-bond acceptors (Lipinski definition) is 6. The Bertz CT molecular complexity index is 1060. The molecule has 0 radical (unpaired) electrons. The number of carbonyl (C=O) groups is 4. The lowest BCUT2D eigenvalue weighted by Gasteiger charge is -2.17. The molecular formula is C23H24N2O6. The predicted molar refractivity (Wildman–Crippen MR) is 113 cm³/mol. The zero-order valence-corrected chi connectivity index (χ0v) is 17.9. The lowest BCUT2D eigenvalue weighted by molar-refractivity contribution is -0.125. The minimum atomic E-state index is -0.761. The van der Waals surface area contributed by atoms with Crippen molar-refractivity contribution in [1.82, 2.24) is 5.32 Å². The van der Waals surface area contributed by atoms with Gasteiger partial charge in [0, 0.05) is 13.2 Å². The van der Waals surface area contributed by atoms with Crippen LogP contribution in [-0.4, -0.2) is 50.1 Å². The summed E-state index contributed by atoms with van der Waals surface area (Å²) in [4.78, 5) is 51.2. The minimum absolute atomic E-state index is 0.0838. The number of ether oxygens (including phenoxy) is 2. The van der Waals surface area contributed by atoms with Gasteiger partial charge in [0.2, 0.25) is 0 Å². The number of rotatable bonds is 7. The van der Waals surface area contributed by atoms with E-state index in [2.05, 4.69) is 5.32 Å². The van der Waals surface area contributed by atoms with Crippen molar-refractivity contribution in [3.05, 3.63) is 64.2 Å². The van der Waals surface area contributed by atoms with E-state index in [0.717, 1.165) is 16.0 Å². The van der Waals surface area contributed by atoms with E-state index in [1.165, 1.54) is 25.3 Å². The number of amides is 3.